The average molecular weight is 469 g/mol. The van der Waals surface area contributed by atoms with Gasteiger partial charge in [0, 0.05) is 12.8 Å². The fourth-order valence-electron chi connectivity index (χ4n) is 2.91. The van der Waals surface area contributed by atoms with E-state index in [4.69, 9.17) is 0 Å². The molecule has 0 unspecified atom stereocenters. The fourth-order valence-corrected chi connectivity index (χ4v) is 4.94. The average Bonchev–Trinajstić information content (AvgIpc) is 2.86. The predicted molar refractivity (Wildman–Crippen MR) is 90.6 cm³/mol. The third-order valence-electron chi connectivity index (χ3n) is 4.12. The van der Waals surface area contributed by atoms with Crippen LogP contribution in [0.3, 0.4) is 0 Å². The highest BCUT2D eigenvalue weighted by molar-refractivity contribution is 9.10. The molecular formula is C14H12BrF3N4O4S. The van der Waals surface area contributed by atoms with Gasteiger partial charge in [0.25, 0.3) is 11.8 Å². The Balaban J connectivity index is 1.83. The van der Waals surface area contributed by atoms with E-state index in [1.165, 1.54) is 18.8 Å². The zero-order valence-electron chi connectivity index (χ0n) is 13.8. The summed E-state index contributed by atoms with van der Waals surface area (Å²) in [6.07, 6.45) is -4.75. The topological polar surface area (TPSA) is 105 Å². The molecule has 1 fully saturated rings. The maximum Gasteiger partial charge on any atom is 0.436 e. The number of aromatic nitrogens is 2. The number of hydrogen-bond acceptors (Lipinski definition) is 5. The van der Waals surface area contributed by atoms with Crippen LogP contribution in [0.2, 0.25) is 0 Å². The summed E-state index contributed by atoms with van der Waals surface area (Å²) < 4.78 is 39.0. The lowest BCUT2D eigenvalue weighted by molar-refractivity contribution is -0.148. The first-order valence-corrected chi connectivity index (χ1v) is 9.27. The number of carboxylic acids is 1. The van der Waals surface area contributed by atoms with Gasteiger partial charge in [-0.1, -0.05) is 0 Å². The van der Waals surface area contributed by atoms with E-state index in [-0.39, 0.29) is 11.4 Å². The van der Waals surface area contributed by atoms with Gasteiger partial charge in [0.15, 0.2) is 5.69 Å². The maximum absolute atomic E-state index is 12.9. The normalized spacial score (nSPS) is 22.4. The Hall–Kier alpha value is -2.02. The number of amides is 2. The highest BCUT2D eigenvalue weighted by Crippen LogP contribution is 2.40. The van der Waals surface area contributed by atoms with Crippen LogP contribution in [0, 0.1) is 0 Å². The molecule has 1 aromatic rings. The smallest absolute Gasteiger partial charge is 0.436 e. The van der Waals surface area contributed by atoms with Crippen LogP contribution < -0.4 is 5.32 Å². The van der Waals surface area contributed by atoms with Crippen molar-refractivity contribution in [3.63, 3.8) is 0 Å². The minimum Gasteiger partial charge on any atom is -0.477 e. The Morgan fingerprint density at radius 2 is 2.04 bits per heavy atom. The lowest BCUT2D eigenvalue weighted by atomic mass is 10.0. The Morgan fingerprint density at radius 1 is 1.41 bits per heavy atom. The SMILES string of the molecule is CC1=C(C(=O)O)N2C(=O)[C@H](NC(=O)c3c(Br)c(C(F)(F)F)nn3C)[C@H]2SC1. The molecule has 2 aliphatic heterocycles. The summed E-state index contributed by atoms with van der Waals surface area (Å²) in [4.78, 5) is 37.2. The molecule has 13 heteroatoms. The van der Waals surface area contributed by atoms with E-state index in [0.717, 1.165) is 9.58 Å². The van der Waals surface area contributed by atoms with Crippen LogP contribution in [0.4, 0.5) is 13.2 Å². The summed E-state index contributed by atoms with van der Waals surface area (Å²) in [7, 11) is 1.17. The van der Waals surface area contributed by atoms with Gasteiger partial charge in [-0.05, 0) is 28.4 Å². The molecule has 3 rings (SSSR count). The number of halogens is 4. The van der Waals surface area contributed by atoms with Gasteiger partial charge in [0.1, 0.15) is 22.8 Å². The number of carbonyl (C=O) groups excluding carboxylic acids is 2. The van der Waals surface area contributed by atoms with Crippen molar-refractivity contribution >= 4 is 45.5 Å². The highest BCUT2D eigenvalue weighted by Gasteiger charge is 2.54. The second kappa shape index (κ2) is 6.55. The Labute approximate surface area is 162 Å². The molecule has 0 spiro atoms. The Morgan fingerprint density at radius 3 is 2.56 bits per heavy atom. The number of fused-ring (bicyclic) bond motifs is 1. The molecule has 146 valence electrons. The van der Waals surface area contributed by atoms with Gasteiger partial charge in [0.2, 0.25) is 0 Å². The van der Waals surface area contributed by atoms with Gasteiger partial charge >= 0.3 is 12.1 Å². The van der Waals surface area contributed by atoms with E-state index in [1.807, 2.05) is 0 Å². The highest BCUT2D eigenvalue weighted by atomic mass is 79.9. The predicted octanol–water partition coefficient (Wildman–Crippen LogP) is 1.57. The molecule has 2 aliphatic rings. The number of aryl methyl sites for hydroxylation is 1. The van der Waals surface area contributed by atoms with Crippen LogP contribution in [0.15, 0.2) is 15.7 Å². The number of nitrogens with one attached hydrogen (secondary N) is 1. The van der Waals surface area contributed by atoms with Crippen molar-refractivity contribution in [2.24, 2.45) is 7.05 Å². The molecule has 0 bridgehead atoms. The Bertz CT molecular complexity index is 898. The minimum absolute atomic E-state index is 0.129. The van der Waals surface area contributed by atoms with Crippen LogP contribution in [0.25, 0.3) is 0 Å². The third kappa shape index (κ3) is 3.12. The number of nitrogens with zero attached hydrogens (tertiary/aromatic N) is 3. The molecule has 1 aromatic heterocycles. The first-order valence-electron chi connectivity index (χ1n) is 7.43. The number of thioether (sulfide) groups is 1. The summed E-state index contributed by atoms with van der Waals surface area (Å²) in [5, 5.41) is 14.3. The van der Waals surface area contributed by atoms with Gasteiger partial charge in [-0.3, -0.25) is 19.2 Å². The summed E-state index contributed by atoms with van der Waals surface area (Å²) in [5.74, 6) is -2.45. The lowest BCUT2D eigenvalue weighted by Gasteiger charge is -2.49. The number of hydrogen-bond donors (Lipinski definition) is 2. The second-order valence-electron chi connectivity index (χ2n) is 5.93. The van der Waals surface area contributed by atoms with Crippen LogP contribution >= 0.6 is 27.7 Å². The van der Waals surface area contributed by atoms with Crippen molar-refractivity contribution in [1.29, 1.82) is 0 Å². The number of aliphatic carboxylic acids is 1. The largest absolute Gasteiger partial charge is 0.477 e. The number of rotatable bonds is 3. The Kier molecular flexibility index (Phi) is 4.78. The molecule has 1 saturated heterocycles. The summed E-state index contributed by atoms with van der Waals surface area (Å²) >= 11 is 4.00. The van der Waals surface area contributed by atoms with E-state index in [2.05, 4.69) is 26.3 Å². The number of carbonyl (C=O) groups is 3. The van der Waals surface area contributed by atoms with Crippen molar-refractivity contribution in [3.8, 4) is 0 Å². The van der Waals surface area contributed by atoms with Crippen LogP contribution in [0.5, 0.6) is 0 Å². The van der Waals surface area contributed by atoms with E-state index in [0.29, 0.717) is 11.3 Å². The van der Waals surface area contributed by atoms with E-state index >= 15 is 0 Å². The lowest BCUT2D eigenvalue weighted by Crippen LogP contribution is -2.70. The first-order chi connectivity index (χ1) is 12.4. The van der Waals surface area contributed by atoms with Crippen molar-refractivity contribution in [2.45, 2.75) is 24.5 Å². The molecule has 0 aromatic carbocycles. The zero-order valence-corrected chi connectivity index (χ0v) is 16.2. The molecule has 0 aliphatic carbocycles. The molecular weight excluding hydrogens is 457 g/mol. The van der Waals surface area contributed by atoms with Gasteiger partial charge < -0.3 is 10.4 Å². The zero-order chi connectivity index (χ0) is 20.3. The maximum atomic E-state index is 12.9. The minimum atomic E-state index is -4.75. The molecule has 2 atom stereocenters. The monoisotopic (exact) mass is 468 g/mol. The fraction of sp³-hybridized carbons (Fsp3) is 0.429. The van der Waals surface area contributed by atoms with Crippen LogP contribution in [-0.2, 0) is 22.8 Å². The van der Waals surface area contributed by atoms with E-state index < -0.39 is 45.5 Å². The molecule has 27 heavy (non-hydrogen) atoms. The van der Waals surface area contributed by atoms with Gasteiger partial charge in [-0.2, -0.15) is 18.3 Å². The van der Waals surface area contributed by atoms with E-state index in [9.17, 15) is 32.7 Å². The second-order valence-corrected chi connectivity index (χ2v) is 7.83. The standard InChI is InChI=1S/C14H12BrF3N4O4S/c1-4-3-27-12-6(11(24)22(12)7(4)13(25)26)19-10(23)8-5(15)9(14(16,17)18)20-21(8)2/h6,12H,3H2,1-2H3,(H,19,23)(H,25,26)/t6-,12+/m0/s1. The van der Waals surface area contributed by atoms with Crippen molar-refractivity contribution < 1.29 is 32.7 Å². The molecule has 8 nitrogen and oxygen atoms in total. The summed E-state index contributed by atoms with van der Waals surface area (Å²) in [5.41, 5.74) is -1.25. The van der Waals surface area contributed by atoms with Gasteiger partial charge in [-0.15, -0.1) is 11.8 Å². The molecule has 2 N–H and O–H groups in total. The molecule has 0 radical (unpaired) electrons. The summed E-state index contributed by atoms with van der Waals surface area (Å²) in [6, 6.07) is -1.04. The number of carboxylic acid groups (broad SMARTS) is 1. The summed E-state index contributed by atoms with van der Waals surface area (Å²) in [6.45, 7) is 1.59. The molecule has 3 heterocycles. The quantitative estimate of drug-likeness (QED) is 0.652. The molecule has 0 saturated carbocycles. The van der Waals surface area contributed by atoms with Crippen molar-refractivity contribution in [3.05, 3.63) is 27.1 Å². The van der Waals surface area contributed by atoms with Gasteiger partial charge in [-0.25, -0.2) is 4.79 Å². The van der Waals surface area contributed by atoms with Gasteiger partial charge in [0.05, 0.1) is 4.47 Å². The third-order valence-corrected chi connectivity index (χ3v) is 6.30. The first kappa shape index (κ1) is 19.7. The number of β-lactam (4-membered cyclic amide) rings is 1. The number of alkyl halides is 3. The molecule has 2 amide bonds. The van der Waals surface area contributed by atoms with Crippen molar-refractivity contribution in [2.75, 3.05) is 5.75 Å². The van der Waals surface area contributed by atoms with Crippen LogP contribution in [-0.4, -0.2) is 54.7 Å². The van der Waals surface area contributed by atoms with Crippen molar-refractivity contribution in [1.82, 2.24) is 20.0 Å². The van der Waals surface area contributed by atoms with E-state index in [1.54, 1.807) is 6.92 Å². The van der Waals surface area contributed by atoms with Crippen LogP contribution in [0.1, 0.15) is 23.1 Å².